The third kappa shape index (κ3) is 2.31. The standard InChI is InChI=1S/C9H12FN/c1-7(11)6-8-4-2-3-5-9(8)10/h2-5,7H,6,11H2,1H3/i1D3,6D2,7D. The first kappa shape index (κ1) is 3.23. The van der Waals surface area contributed by atoms with Crippen LogP contribution in [0.2, 0.25) is 0 Å². The molecule has 60 valence electrons. The lowest BCUT2D eigenvalue weighted by Crippen LogP contribution is -2.18. The maximum atomic E-state index is 13.4. The molecule has 0 aromatic heterocycles. The van der Waals surface area contributed by atoms with Crippen LogP contribution in [0.1, 0.15) is 20.6 Å². The maximum absolute atomic E-state index is 13.4. The van der Waals surface area contributed by atoms with Crippen molar-refractivity contribution < 1.29 is 12.6 Å². The lowest BCUT2D eigenvalue weighted by Gasteiger charge is -2.04. The van der Waals surface area contributed by atoms with E-state index in [9.17, 15) is 4.39 Å². The highest BCUT2D eigenvalue weighted by atomic mass is 19.1. The molecule has 11 heavy (non-hydrogen) atoms. The van der Waals surface area contributed by atoms with Crippen molar-refractivity contribution in [2.45, 2.75) is 19.2 Å². The average Bonchev–Trinajstić information content (AvgIpc) is 2.16. The van der Waals surface area contributed by atoms with E-state index in [1.807, 2.05) is 0 Å². The van der Waals surface area contributed by atoms with Crippen LogP contribution >= 0.6 is 0 Å². The van der Waals surface area contributed by atoms with Gasteiger partial charge in [0.15, 0.2) is 0 Å². The van der Waals surface area contributed by atoms with Gasteiger partial charge in [-0.3, -0.25) is 0 Å². The Balaban J connectivity index is 3.34. The number of hydrogen-bond donors (Lipinski definition) is 1. The van der Waals surface area contributed by atoms with E-state index in [1.165, 1.54) is 12.1 Å². The van der Waals surface area contributed by atoms with Crippen LogP contribution in [0, 0.1) is 5.82 Å². The molecule has 1 aromatic carbocycles. The molecule has 0 aliphatic rings. The first-order valence-electron chi connectivity index (χ1n) is 6.06. The minimum atomic E-state index is -3.07. The molecule has 0 bridgehead atoms. The molecule has 0 radical (unpaired) electrons. The molecule has 2 N–H and O–H groups in total. The van der Waals surface area contributed by atoms with E-state index >= 15 is 0 Å². The van der Waals surface area contributed by atoms with Gasteiger partial charge in [-0.15, -0.1) is 0 Å². The molecule has 1 atom stereocenters. The van der Waals surface area contributed by atoms with Gasteiger partial charge in [-0.1, -0.05) is 18.2 Å². The fourth-order valence-electron chi connectivity index (χ4n) is 0.708. The summed E-state index contributed by atoms with van der Waals surface area (Å²) in [5.74, 6) is -0.927. The summed E-state index contributed by atoms with van der Waals surface area (Å²) in [6.07, 6.45) is -2.83. The molecule has 0 saturated heterocycles. The molecule has 1 rings (SSSR count). The zero-order valence-electron chi connectivity index (χ0n) is 11.8. The summed E-state index contributed by atoms with van der Waals surface area (Å²) in [6.45, 7) is -3.07. The molecule has 1 nitrogen and oxygen atoms in total. The Labute approximate surface area is 74.5 Å². The van der Waals surface area contributed by atoms with Crippen LogP contribution in [-0.4, -0.2) is 6.02 Å². The predicted molar refractivity (Wildman–Crippen MR) is 43.8 cm³/mol. The highest BCUT2D eigenvalue weighted by Crippen LogP contribution is 2.07. The van der Waals surface area contributed by atoms with Gasteiger partial charge in [-0.05, 0) is 24.9 Å². The Morgan fingerprint density at radius 2 is 2.55 bits per heavy atom. The normalized spacial score (nSPS) is 26.4. The quantitative estimate of drug-likeness (QED) is 0.698. The minimum absolute atomic E-state index is 0.534. The predicted octanol–water partition coefficient (Wildman–Crippen LogP) is 1.72. The van der Waals surface area contributed by atoms with E-state index < -0.39 is 30.6 Å². The monoisotopic (exact) mass is 159 g/mol. The summed E-state index contributed by atoms with van der Waals surface area (Å²) < 4.78 is 57.4. The van der Waals surface area contributed by atoms with Gasteiger partial charge in [0.25, 0.3) is 0 Å². The van der Waals surface area contributed by atoms with Gasteiger partial charge in [0.05, 0.1) is 0 Å². The van der Waals surface area contributed by atoms with Crippen LogP contribution in [0.4, 0.5) is 4.39 Å². The van der Waals surface area contributed by atoms with Crippen molar-refractivity contribution in [2.75, 3.05) is 0 Å². The molecule has 0 saturated carbocycles. The Morgan fingerprint density at radius 3 is 3.18 bits per heavy atom. The minimum Gasteiger partial charge on any atom is -0.328 e. The van der Waals surface area contributed by atoms with Gasteiger partial charge in [0.1, 0.15) is 5.82 Å². The fraction of sp³-hybridized carbons (Fsp3) is 0.333. The lowest BCUT2D eigenvalue weighted by molar-refractivity contribution is 0.596. The third-order valence-electron chi connectivity index (χ3n) is 1.14. The SMILES string of the molecule is [2H]C([2H])([2H])C([2H])(N)C([2H])([2H])c1ccccc1F. The molecule has 0 aliphatic carbocycles. The number of rotatable bonds is 2. The maximum Gasteiger partial charge on any atom is 0.126 e. The summed E-state index contributed by atoms with van der Waals surface area (Å²) in [6, 6.07) is 1.83. The Bertz CT molecular complexity index is 414. The van der Waals surface area contributed by atoms with Gasteiger partial charge in [-0.25, -0.2) is 4.39 Å². The second kappa shape index (κ2) is 3.49. The number of benzene rings is 1. The highest BCUT2D eigenvalue weighted by Gasteiger charge is 2.01. The van der Waals surface area contributed by atoms with Gasteiger partial charge in [-0.2, -0.15) is 0 Å². The van der Waals surface area contributed by atoms with E-state index in [-0.39, 0.29) is 0 Å². The molecule has 1 aromatic rings. The average molecular weight is 159 g/mol. The molecule has 1 unspecified atom stereocenters. The zero-order valence-corrected chi connectivity index (χ0v) is 5.76. The topological polar surface area (TPSA) is 26.0 Å². The largest absolute Gasteiger partial charge is 0.328 e. The molecule has 0 heterocycles. The highest BCUT2D eigenvalue weighted by molar-refractivity contribution is 5.17. The molecule has 0 amide bonds. The van der Waals surface area contributed by atoms with Crippen LogP contribution in [0.15, 0.2) is 24.3 Å². The number of hydrogen-bond acceptors (Lipinski definition) is 1. The van der Waals surface area contributed by atoms with E-state index in [2.05, 4.69) is 0 Å². The van der Waals surface area contributed by atoms with Crippen molar-refractivity contribution in [1.29, 1.82) is 0 Å². The third-order valence-corrected chi connectivity index (χ3v) is 1.14. The van der Waals surface area contributed by atoms with E-state index in [0.717, 1.165) is 12.1 Å². The van der Waals surface area contributed by atoms with Crippen molar-refractivity contribution in [3.63, 3.8) is 0 Å². The van der Waals surface area contributed by atoms with Crippen molar-refractivity contribution >= 4 is 0 Å². The van der Waals surface area contributed by atoms with Gasteiger partial charge in [0.2, 0.25) is 0 Å². The molecule has 0 aliphatic heterocycles. The van der Waals surface area contributed by atoms with Crippen LogP contribution in [0.3, 0.4) is 0 Å². The summed E-state index contributed by atoms with van der Waals surface area (Å²) in [7, 11) is 0. The number of halogens is 1. The Hall–Kier alpha value is -0.890. The van der Waals surface area contributed by atoms with Crippen LogP contribution < -0.4 is 5.73 Å². The lowest BCUT2D eigenvalue weighted by atomic mass is 10.1. The Kier molecular flexibility index (Phi) is 1.02. The molecule has 2 heteroatoms. The van der Waals surface area contributed by atoms with Crippen LogP contribution in [-0.2, 0) is 6.37 Å². The molecule has 0 fully saturated rings. The molecular formula is C9H12FN. The van der Waals surface area contributed by atoms with Gasteiger partial charge >= 0.3 is 0 Å². The summed E-state index contributed by atoms with van der Waals surface area (Å²) in [5.41, 5.74) is 4.70. The first-order chi connectivity index (χ1) is 7.52. The zero-order chi connectivity index (χ0) is 13.5. The van der Waals surface area contributed by atoms with Crippen molar-refractivity contribution in [2.24, 2.45) is 5.73 Å². The summed E-state index contributed by atoms with van der Waals surface area (Å²) in [4.78, 5) is 0. The van der Waals surface area contributed by atoms with Crippen molar-refractivity contribution in [1.82, 2.24) is 0 Å². The fourth-order valence-corrected chi connectivity index (χ4v) is 0.708. The summed E-state index contributed by atoms with van der Waals surface area (Å²) >= 11 is 0. The van der Waals surface area contributed by atoms with E-state index in [4.69, 9.17) is 14.0 Å². The first-order valence-corrected chi connectivity index (χ1v) is 3.06. The van der Waals surface area contributed by atoms with Crippen molar-refractivity contribution in [3.8, 4) is 0 Å². The second-order valence-electron chi connectivity index (χ2n) is 2.02. The Morgan fingerprint density at radius 1 is 1.82 bits per heavy atom. The van der Waals surface area contributed by atoms with Crippen LogP contribution in [0.25, 0.3) is 0 Å². The van der Waals surface area contributed by atoms with Crippen LogP contribution in [0.5, 0.6) is 0 Å². The molecular weight excluding hydrogens is 141 g/mol. The van der Waals surface area contributed by atoms with Gasteiger partial charge < -0.3 is 5.73 Å². The second-order valence-corrected chi connectivity index (χ2v) is 2.02. The van der Waals surface area contributed by atoms with Crippen molar-refractivity contribution in [3.05, 3.63) is 35.6 Å². The molecule has 0 spiro atoms. The number of nitrogens with two attached hydrogens (primary N) is 1. The van der Waals surface area contributed by atoms with Gasteiger partial charge in [0, 0.05) is 14.2 Å². The van der Waals surface area contributed by atoms with E-state index in [0.29, 0.717) is 0 Å². The smallest absolute Gasteiger partial charge is 0.126 e. The summed E-state index contributed by atoms with van der Waals surface area (Å²) in [5, 5.41) is 0. The van der Waals surface area contributed by atoms with E-state index in [1.54, 1.807) is 0 Å².